The molecule has 0 amide bonds. The first-order chi connectivity index (χ1) is 12.7. The number of aromatic nitrogens is 3. The minimum Gasteiger partial charge on any atom is -0.495 e. The first kappa shape index (κ1) is 16.8. The Morgan fingerprint density at radius 1 is 1.27 bits per heavy atom. The summed E-state index contributed by atoms with van der Waals surface area (Å²) in [5.41, 5.74) is 4.22. The summed E-state index contributed by atoms with van der Waals surface area (Å²) < 4.78 is 19.6. The second-order valence-electron chi connectivity index (χ2n) is 6.32. The molecule has 26 heavy (non-hydrogen) atoms. The molecule has 4 rings (SSSR count). The van der Waals surface area contributed by atoms with Gasteiger partial charge in [0.05, 0.1) is 18.8 Å². The van der Waals surface area contributed by atoms with Gasteiger partial charge in [-0.2, -0.15) is 0 Å². The van der Waals surface area contributed by atoms with E-state index < -0.39 is 11.0 Å². The standard InChI is InChI=1S/C20H21N3O2S/c1-3-8-26(24)23-7-6-15-5-4-14(10-19(15)23)9-16-12-21-20-18(16)11-17(25-2)13-22-20/h4-7,10-13H,3,8-9H2,1-2H3,(H,21,22). The number of H-pyrrole nitrogens is 1. The van der Waals surface area contributed by atoms with E-state index in [9.17, 15) is 4.21 Å². The summed E-state index contributed by atoms with van der Waals surface area (Å²) in [5.74, 6) is 1.42. The molecule has 0 aliphatic rings. The molecule has 1 atom stereocenters. The number of rotatable bonds is 6. The number of methoxy groups -OCH3 is 1. The van der Waals surface area contributed by atoms with Crippen LogP contribution in [-0.4, -0.2) is 31.0 Å². The van der Waals surface area contributed by atoms with Crippen molar-refractivity contribution in [3.05, 3.63) is 60.0 Å². The Labute approximate surface area is 154 Å². The van der Waals surface area contributed by atoms with E-state index in [-0.39, 0.29) is 0 Å². The third-order valence-corrected chi connectivity index (χ3v) is 6.06. The van der Waals surface area contributed by atoms with Gasteiger partial charge in [0, 0.05) is 28.9 Å². The Kier molecular flexibility index (Phi) is 4.51. The third kappa shape index (κ3) is 3.01. The van der Waals surface area contributed by atoms with Gasteiger partial charge in [-0.15, -0.1) is 0 Å². The SMILES string of the molecule is CCCS(=O)n1ccc2ccc(Cc3c[nH]c4ncc(OC)cc34)cc21. The van der Waals surface area contributed by atoms with Crippen LogP contribution >= 0.6 is 0 Å². The van der Waals surface area contributed by atoms with Crippen LogP contribution in [0.3, 0.4) is 0 Å². The van der Waals surface area contributed by atoms with Crippen LogP contribution in [0.15, 0.2) is 48.9 Å². The van der Waals surface area contributed by atoms with Gasteiger partial charge in [-0.1, -0.05) is 19.1 Å². The van der Waals surface area contributed by atoms with Crippen LogP contribution in [0.25, 0.3) is 21.9 Å². The van der Waals surface area contributed by atoms with E-state index in [2.05, 4.69) is 28.2 Å². The first-order valence-corrected chi connectivity index (χ1v) is 9.96. The predicted octanol–water partition coefficient (Wildman–Crippen LogP) is 4.04. The van der Waals surface area contributed by atoms with Crippen molar-refractivity contribution in [1.82, 2.24) is 13.9 Å². The van der Waals surface area contributed by atoms with Crippen molar-refractivity contribution in [2.45, 2.75) is 19.8 Å². The smallest absolute Gasteiger partial charge is 0.137 e. The van der Waals surface area contributed by atoms with Crippen molar-refractivity contribution in [3.63, 3.8) is 0 Å². The van der Waals surface area contributed by atoms with Crippen LogP contribution in [0.1, 0.15) is 24.5 Å². The number of aromatic amines is 1. The molecule has 0 aliphatic carbocycles. The van der Waals surface area contributed by atoms with Gasteiger partial charge >= 0.3 is 0 Å². The minimum absolute atomic E-state index is 0.669. The van der Waals surface area contributed by atoms with Gasteiger partial charge in [-0.25, -0.2) is 9.19 Å². The molecule has 1 N–H and O–H groups in total. The number of nitrogens with one attached hydrogen (secondary N) is 1. The lowest BCUT2D eigenvalue weighted by Crippen LogP contribution is -2.06. The molecule has 3 aromatic heterocycles. The van der Waals surface area contributed by atoms with E-state index in [4.69, 9.17) is 4.74 Å². The van der Waals surface area contributed by atoms with Crippen LogP contribution < -0.4 is 4.74 Å². The maximum Gasteiger partial charge on any atom is 0.137 e. The topological polar surface area (TPSA) is 59.9 Å². The van der Waals surface area contributed by atoms with Gasteiger partial charge in [0.2, 0.25) is 0 Å². The van der Waals surface area contributed by atoms with E-state index in [1.54, 1.807) is 13.3 Å². The molecule has 0 saturated heterocycles. The molecule has 4 aromatic rings. The zero-order valence-electron chi connectivity index (χ0n) is 14.9. The highest BCUT2D eigenvalue weighted by Crippen LogP contribution is 2.25. The predicted molar refractivity (Wildman–Crippen MR) is 106 cm³/mol. The van der Waals surface area contributed by atoms with Crippen LogP contribution in [0.5, 0.6) is 5.75 Å². The lowest BCUT2D eigenvalue weighted by Gasteiger charge is -2.06. The number of fused-ring (bicyclic) bond motifs is 2. The van der Waals surface area contributed by atoms with Gasteiger partial charge in [0.1, 0.15) is 22.4 Å². The fourth-order valence-corrected chi connectivity index (χ4v) is 4.35. The molecular formula is C20H21N3O2S. The number of pyridine rings is 1. The summed E-state index contributed by atoms with van der Waals surface area (Å²) in [6.07, 6.45) is 7.30. The van der Waals surface area contributed by atoms with E-state index in [1.165, 1.54) is 11.1 Å². The van der Waals surface area contributed by atoms with E-state index in [1.807, 2.05) is 35.4 Å². The summed E-state index contributed by atoms with van der Waals surface area (Å²) >= 11 is 0. The molecule has 134 valence electrons. The fourth-order valence-electron chi connectivity index (χ4n) is 3.23. The first-order valence-electron chi connectivity index (χ1n) is 8.68. The maximum absolute atomic E-state index is 12.4. The lowest BCUT2D eigenvalue weighted by atomic mass is 10.0. The van der Waals surface area contributed by atoms with E-state index in [0.29, 0.717) is 5.75 Å². The van der Waals surface area contributed by atoms with Gasteiger partial charge in [0.15, 0.2) is 0 Å². The van der Waals surface area contributed by atoms with Crippen LogP contribution in [0, 0.1) is 0 Å². The summed E-state index contributed by atoms with van der Waals surface area (Å²) in [4.78, 5) is 7.61. The molecule has 6 heteroatoms. The molecular weight excluding hydrogens is 346 g/mol. The molecule has 1 aromatic carbocycles. The Morgan fingerprint density at radius 3 is 2.96 bits per heavy atom. The zero-order chi connectivity index (χ0) is 18.1. The number of hydrogen-bond acceptors (Lipinski definition) is 3. The highest BCUT2D eigenvalue weighted by Gasteiger charge is 2.10. The second-order valence-corrected chi connectivity index (χ2v) is 7.77. The van der Waals surface area contributed by atoms with Crippen molar-refractivity contribution >= 4 is 32.9 Å². The zero-order valence-corrected chi connectivity index (χ0v) is 15.7. The Morgan fingerprint density at radius 2 is 2.15 bits per heavy atom. The molecule has 3 heterocycles. The number of hydrogen-bond donors (Lipinski definition) is 1. The number of benzene rings is 1. The highest BCUT2D eigenvalue weighted by molar-refractivity contribution is 7.83. The van der Waals surface area contributed by atoms with Gasteiger partial charge in [-0.05, 0) is 42.2 Å². The van der Waals surface area contributed by atoms with Crippen molar-refractivity contribution in [2.75, 3.05) is 12.9 Å². The minimum atomic E-state index is -1.02. The number of ether oxygens (including phenoxy) is 1. The summed E-state index contributed by atoms with van der Waals surface area (Å²) in [7, 11) is 0.630. The quantitative estimate of drug-likeness (QED) is 0.559. The average molecular weight is 367 g/mol. The molecule has 1 unspecified atom stereocenters. The monoisotopic (exact) mass is 367 g/mol. The fraction of sp³-hybridized carbons (Fsp3) is 0.250. The molecule has 0 saturated carbocycles. The van der Waals surface area contributed by atoms with Gasteiger partial charge < -0.3 is 9.72 Å². The van der Waals surface area contributed by atoms with Crippen LogP contribution in [0.2, 0.25) is 0 Å². The Bertz CT molecular complexity index is 1100. The molecule has 0 spiro atoms. The molecule has 0 aliphatic heterocycles. The summed E-state index contributed by atoms with van der Waals surface area (Å²) in [5, 5.41) is 2.18. The molecule has 0 bridgehead atoms. The molecule has 0 fully saturated rings. The largest absolute Gasteiger partial charge is 0.495 e. The van der Waals surface area contributed by atoms with Crippen LogP contribution in [-0.2, 0) is 17.4 Å². The third-order valence-electron chi connectivity index (χ3n) is 4.54. The van der Waals surface area contributed by atoms with E-state index >= 15 is 0 Å². The molecule has 5 nitrogen and oxygen atoms in total. The van der Waals surface area contributed by atoms with Crippen molar-refractivity contribution in [2.24, 2.45) is 0 Å². The highest BCUT2D eigenvalue weighted by atomic mass is 32.2. The summed E-state index contributed by atoms with van der Waals surface area (Å²) in [6, 6.07) is 10.4. The maximum atomic E-state index is 12.4. The second kappa shape index (κ2) is 6.96. The summed E-state index contributed by atoms with van der Waals surface area (Å²) in [6.45, 7) is 2.05. The normalized spacial score (nSPS) is 12.7. The average Bonchev–Trinajstić information content (AvgIpc) is 3.25. The molecule has 0 radical (unpaired) electrons. The Balaban J connectivity index is 1.71. The van der Waals surface area contributed by atoms with Crippen molar-refractivity contribution in [3.8, 4) is 5.75 Å². The van der Waals surface area contributed by atoms with Gasteiger partial charge in [-0.3, -0.25) is 3.97 Å². The Hall–Kier alpha value is -2.60. The van der Waals surface area contributed by atoms with E-state index in [0.717, 1.165) is 40.5 Å². The lowest BCUT2D eigenvalue weighted by molar-refractivity contribution is 0.413. The van der Waals surface area contributed by atoms with Crippen molar-refractivity contribution in [1.29, 1.82) is 0 Å². The van der Waals surface area contributed by atoms with Crippen molar-refractivity contribution < 1.29 is 8.95 Å². The van der Waals surface area contributed by atoms with Crippen LogP contribution in [0.4, 0.5) is 0 Å². The van der Waals surface area contributed by atoms with Gasteiger partial charge in [0.25, 0.3) is 0 Å². The number of nitrogens with zero attached hydrogens (tertiary/aromatic N) is 2.